The second-order valence-electron chi connectivity index (χ2n) is 3.84. The smallest absolute Gasteiger partial charge is 0.340 e. The fraction of sp³-hybridized carbons (Fsp3) is 0.462. The number of aryl methyl sites for hydroxylation is 1. The first-order chi connectivity index (χ1) is 9.04. The van der Waals surface area contributed by atoms with Crippen molar-refractivity contribution in [2.45, 2.75) is 27.3 Å². The average Bonchev–Trinajstić information content (AvgIpc) is 2.65. The van der Waals surface area contributed by atoms with Gasteiger partial charge in [-0.05, 0) is 26.3 Å². The van der Waals surface area contributed by atoms with Crippen LogP contribution < -0.4 is 0 Å². The first-order valence-electron chi connectivity index (χ1n) is 6.02. The summed E-state index contributed by atoms with van der Waals surface area (Å²) in [5.41, 5.74) is 0.912. The molecule has 0 radical (unpaired) electrons. The summed E-state index contributed by atoms with van der Waals surface area (Å²) in [5.74, 6) is -1.03. The summed E-state index contributed by atoms with van der Waals surface area (Å²) in [5, 5.41) is 0. The molecule has 0 aromatic carbocycles. The number of ether oxygens (including phenoxy) is 2. The molecule has 19 heavy (non-hydrogen) atoms. The van der Waals surface area contributed by atoms with E-state index in [1.807, 2.05) is 0 Å². The SMILES string of the molecule is CCOC(=O)Cn1cc(C)c(C(=O)OCC)c1C=O. The topological polar surface area (TPSA) is 74.6 Å². The van der Waals surface area contributed by atoms with Gasteiger partial charge in [-0.3, -0.25) is 9.59 Å². The molecule has 0 fully saturated rings. The zero-order chi connectivity index (χ0) is 14.4. The van der Waals surface area contributed by atoms with Gasteiger partial charge in [0.2, 0.25) is 0 Å². The van der Waals surface area contributed by atoms with Crippen molar-refractivity contribution in [2.75, 3.05) is 13.2 Å². The molecule has 6 nitrogen and oxygen atoms in total. The molecule has 0 N–H and O–H groups in total. The molecule has 0 saturated carbocycles. The summed E-state index contributed by atoms with van der Waals surface area (Å²) in [6.07, 6.45) is 2.10. The Balaban J connectivity index is 3.08. The van der Waals surface area contributed by atoms with Crippen LogP contribution in [0.1, 0.15) is 40.3 Å². The van der Waals surface area contributed by atoms with E-state index in [0.29, 0.717) is 11.8 Å². The van der Waals surface area contributed by atoms with E-state index < -0.39 is 11.9 Å². The highest BCUT2D eigenvalue weighted by Crippen LogP contribution is 2.17. The standard InChI is InChI=1S/C13H17NO5/c1-4-18-11(16)7-14-6-9(3)12(10(14)8-15)13(17)19-5-2/h6,8H,4-5,7H2,1-3H3. The molecule has 0 bridgehead atoms. The second kappa shape index (κ2) is 6.72. The number of hydrogen-bond donors (Lipinski definition) is 0. The van der Waals surface area contributed by atoms with Crippen LogP contribution in [0.15, 0.2) is 6.20 Å². The molecule has 1 aromatic rings. The van der Waals surface area contributed by atoms with Crippen molar-refractivity contribution in [3.63, 3.8) is 0 Å². The van der Waals surface area contributed by atoms with E-state index in [9.17, 15) is 14.4 Å². The Morgan fingerprint density at radius 3 is 2.42 bits per heavy atom. The summed E-state index contributed by atoms with van der Waals surface area (Å²) in [4.78, 5) is 34.3. The normalized spacial score (nSPS) is 10.1. The Labute approximate surface area is 111 Å². The lowest BCUT2D eigenvalue weighted by Crippen LogP contribution is -2.16. The molecule has 6 heteroatoms. The van der Waals surface area contributed by atoms with Gasteiger partial charge in [-0.2, -0.15) is 0 Å². The van der Waals surface area contributed by atoms with Crippen molar-refractivity contribution in [1.29, 1.82) is 0 Å². The Bertz CT molecular complexity index is 489. The Morgan fingerprint density at radius 1 is 1.26 bits per heavy atom. The number of aromatic nitrogens is 1. The Hall–Kier alpha value is -2.11. The van der Waals surface area contributed by atoms with Crippen LogP contribution in [0.3, 0.4) is 0 Å². The Morgan fingerprint density at radius 2 is 1.89 bits per heavy atom. The van der Waals surface area contributed by atoms with Crippen molar-refractivity contribution >= 4 is 18.2 Å². The van der Waals surface area contributed by atoms with Crippen LogP contribution in [-0.4, -0.2) is 36.0 Å². The predicted molar refractivity (Wildman–Crippen MR) is 67.1 cm³/mol. The van der Waals surface area contributed by atoms with Gasteiger partial charge in [0.25, 0.3) is 0 Å². The molecule has 0 aliphatic rings. The molecule has 0 unspecified atom stereocenters. The van der Waals surface area contributed by atoms with E-state index in [0.717, 1.165) is 0 Å². The lowest BCUT2D eigenvalue weighted by atomic mass is 10.2. The van der Waals surface area contributed by atoms with Crippen LogP contribution in [0.5, 0.6) is 0 Å². The predicted octanol–water partition coefficient (Wildman–Crippen LogP) is 1.35. The van der Waals surface area contributed by atoms with Crippen LogP contribution in [-0.2, 0) is 20.8 Å². The van der Waals surface area contributed by atoms with E-state index in [4.69, 9.17) is 9.47 Å². The maximum atomic E-state index is 11.8. The van der Waals surface area contributed by atoms with E-state index in [2.05, 4.69) is 0 Å². The maximum absolute atomic E-state index is 11.8. The number of carbonyl (C=O) groups is 3. The largest absolute Gasteiger partial charge is 0.465 e. The molecule has 1 rings (SSSR count). The lowest BCUT2D eigenvalue weighted by Gasteiger charge is -2.06. The maximum Gasteiger partial charge on any atom is 0.340 e. The molecular formula is C13H17NO5. The molecule has 1 heterocycles. The average molecular weight is 267 g/mol. The molecule has 0 atom stereocenters. The third-order valence-electron chi connectivity index (χ3n) is 2.51. The van der Waals surface area contributed by atoms with Gasteiger partial charge in [0.05, 0.1) is 24.5 Å². The molecular weight excluding hydrogens is 250 g/mol. The third-order valence-corrected chi connectivity index (χ3v) is 2.51. The molecule has 0 amide bonds. The van der Waals surface area contributed by atoms with Gasteiger partial charge in [-0.15, -0.1) is 0 Å². The van der Waals surface area contributed by atoms with Gasteiger partial charge in [0.15, 0.2) is 6.29 Å². The minimum Gasteiger partial charge on any atom is -0.465 e. The summed E-state index contributed by atoms with van der Waals surface area (Å²) in [7, 11) is 0. The zero-order valence-corrected chi connectivity index (χ0v) is 11.3. The minimum absolute atomic E-state index is 0.109. The monoisotopic (exact) mass is 267 g/mol. The van der Waals surface area contributed by atoms with Crippen LogP contribution in [0.4, 0.5) is 0 Å². The van der Waals surface area contributed by atoms with Gasteiger partial charge >= 0.3 is 11.9 Å². The number of hydrogen-bond acceptors (Lipinski definition) is 5. The second-order valence-corrected chi connectivity index (χ2v) is 3.84. The number of esters is 2. The highest BCUT2D eigenvalue weighted by atomic mass is 16.5. The molecule has 0 aliphatic heterocycles. The van der Waals surface area contributed by atoms with Crippen LogP contribution in [0.2, 0.25) is 0 Å². The lowest BCUT2D eigenvalue weighted by molar-refractivity contribution is -0.143. The summed E-state index contributed by atoms with van der Waals surface area (Å²) in [6.45, 7) is 5.44. The van der Waals surface area contributed by atoms with Crippen molar-refractivity contribution in [2.24, 2.45) is 0 Å². The van der Waals surface area contributed by atoms with Crippen molar-refractivity contribution < 1.29 is 23.9 Å². The summed E-state index contributed by atoms with van der Waals surface area (Å²) >= 11 is 0. The first kappa shape index (κ1) is 14.9. The Kier molecular flexibility index (Phi) is 5.29. The van der Waals surface area contributed by atoms with Gasteiger partial charge in [0.1, 0.15) is 6.54 Å². The summed E-state index contributed by atoms with van der Waals surface area (Å²) < 4.78 is 11.1. The first-order valence-corrected chi connectivity index (χ1v) is 6.02. The number of rotatable bonds is 6. The highest BCUT2D eigenvalue weighted by Gasteiger charge is 2.21. The van der Waals surface area contributed by atoms with Crippen LogP contribution in [0, 0.1) is 6.92 Å². The van der Waals surface area contributed by atoms with Crippen molar-refractivity contribution in [3.8, 4) is 0 Å². The van der Waals surface area contributed by atoms with E-state index in [1.165, 1.54) is 4.57 Å². The van der Waals surface area contributed by atoms with Crippen molar-refractivity contribution in [3.05, 3.63) is 23.0 Å². The molecule has 1 aromatic heterocycles. The molecule has 0 aliphatic carbocycles. The van der Waals surface area contributed by atoms with Gasteiger partial charge in [-0.1, -0.05) is 0 Å². The van der Waals surface area contributed by atoms with E-state index in [1.54, 1.807) is 27.0 Å². The number of nitrogens with zero attached hydrogens (tertiary/aromatic N) is 1. The quantitative estimate of drug-likeness (QED) is 0.574. The van der Waals surface area contributed by atoms with Gasteiger partial charge < -0.3 is 14.0 Å². The number of aldehydes is 1. The zero-order valence-electron chi connectivity index (χ0n) is 11.3. The summed E-state index contributed by atoms with van der Waals surface area (Å²) in [6, 6.07) is 0. The van der Waals surface area contributed by atoms with Gasteiger partial charge in [-0.25, -0.2) is 4.79 Å². The third kappa shape index (κ3) is 3.43. The highest BCUT2D eigenvalue weighted by molar-refractivity contribution is 5.99. The minimum atomic E-state index is -0.565. The van der Waals surface area contributed by atoms with Crippen LogP contribution in [0.25, 0.3) is 0 Å². The molecule has 0 saturated heterocycles. The van der Waals surface area contributed by atoms with E-state index in [-0.39, 0.29) is 31.0 Å². The van der Waals surface area contributed by atoms with E-state index >= 15 is 0 Å². The van der Waals surface area contributed by atoms with Crippen LogP contribution >= 0.6 is 0 Å². The number of carbonyl (C=O) groups excluding carboxylic acids is 3. The molecule has 0 spiro atoms. The fourth-order valence-electron chi connectivity index (χ4n) is 1.79. The van der Waals surface area contributed by atoms with Gasteiger partial charge in [0, 0.05) is 6.20 Å². The molecule has 104 valence electrons. The van der Waals surface area contributed by atoms with Crippen molar-refractivity contribution in [1.82, 2.24) is 4.57 Å². The fourth-order valence-corrected chi connectivity index (χ4v) is 1.79.